The Hall–Kier alpha value is -2.82. The Morgan fingerprint density at radius 1 is 0.917 bits per heavy atom. The van der Waals surface area contributed by atoms with Gasteiger partial charge >= 0.3 is 5.97 Å². The average Bonchev–Trinajstić information content (AvgIpc) is 2.60. The Morgan fingerprint density at radius 3 is 2.33 bits per heavy atom. The lowest BCUT2D eigenvalue weighted by Crippen LogP contribution is -2.16. The highest BCUT2D eigenvalue weighted by molar-refractivity contribution is 6.01. The molecule has 0 aliphatic heterocycles. The molecule has 0 N–H and O–H groups in total. The topological polar surface area (TPSA) is 61.8 Å². The maximum Gasteiger partial charge on any atom is 0.338 e. The number of aryl methyl sites for hydroxylation is 2. The van der Waals surface area contributed by atoms with E-state index in [1.54, 1.807) is 24.3 Å². The molecule has 0 saturated carbocycles. The van der Waals surface area contributed by atoms with Crippen LogP contribution < -0.4 is 9.47 Å². The second-order valence-corrected chi connectivity index (χ2v) is 5.38. The number of hydrogen-bond acceptors (Lipinski definition) is 5. The highest BCUT2D eigenvalue weighted by Gasteiger charge is 2.17. The summed E-state index contributed by atoms with van der Waals surface area (Å²) in [4.78, 5) is 24.5. The zero-order valence-electron chi connectivity index (χ0n) is 14.2. The van der Waals surface area contributed by atoms with Gasteiger partial charge in [-0.3, -0.25) is 4.79 Å². The molecule has 2 rings (SSSR count). The smallest absolute Gasteiger partial charge is 0.338 e. The second-order valence-electron chi connectivity index (χ2n) is 5.38. The number of ketones is 1. The highest BCUT2D eigenvalue weighted by Crippen LogP contribution is 2.25. The average molecular weight is 328 g/mol. The predicted molar refractivity (Wildman–Crippen MR) is 90.1 cm³/mol. The number of methoxy groups -OCH3 is 2. The Morgan fingerprint density at radius 2 is 1.67 bits per heavy atom. The van der Waals surface area contributed by atoms with E-state index in [0.717, 1.165) is 11.1 Å². The lowest BCUT2D eigenvalue weighted by molar-refractivity contribution is 0.0473. The maximum atomic E-state index is 12.3. The molecule has 5 heteroatoms. The largest absolute Gasteiger partial charge is 0.497 e. The molecule has 0 aliphatic rings. The summed E-state index contributed by atoms with van der Waals surface area (Å²) >= 11 is 0. The fourth-order valence-corrected chi connectivity index (χ4v) is 2.27. The van der Waals surface area contributed by atoms with Crippen molar-refractivity contribution in [1.29, 1.82) is 0 Å². The molecule has 0 amide bonds. The van der Waals surface area contributed by atoms with Crippen LogP contribution in [0.25, 0.3) is 0 Å². The van der Waals surface area contributed by atoms with Gasteiger partial charge in [-0.15, -0.1) is 0 Å². The Labute approximate surface area is 141 Å². The Balaban J connectivity index is 2.10. The molecule has 2 aromatic carbocycles. The fraction of sp³-hybridized carbons (Fsp3) is 0.263. The minimum atomic E-state index is -0.517. The molecule has 0 atom stereocenters. The van der Waals surface area contributed by atoms with Gasteiger partial charge in [0.05, 0.1) is 25.3 Å². The van der Waals surface area contributed by atoms with Crippen LogP contribution in [0, 0.1) is 13.8 Å². The summed E-state index contributed by atoms with van der Waals surface area (Å²) in [5, 5.41) is 0. The van der Waals surface area contributed by atoms with Crippen LogP contribution in [0.3, 0.4) is 0 Å². The van der Waals surface area contributed by atoms with Gasteiger partial charge in [0.2, 0.25) is 5.78 Å². The number of Topliss-reactive ketones (excluding diaryl/α,β-unsaturated/α-hetero) is 1. The van der Waals surface area contributed by atoms with E-state index < -0.39 is 5.97 Å². The summed E-state index contributed by atoms with van der Waals surface area (Å²) in [6, 6.07) is 10.4. The van der Waals surface area contributed by atoms with Crippen molar-refractivity contribution >= 4 is 11.8 Å². The number of ether oxygens (including phenoxy) is 3. The second kappa shape index (κ2) is 7.64. The van der Waals surface area contributed by atoms with E-state index in [2.05, 4.69) is 0 Å². The summed E-state index contributed by atoms with van der Waals surface area (Å²) in [6.45, 7) is 3.36. The number of carbonyl (C=O) groups excluding carboxylic acids is 2. The molecule has 0 aromatic heterocycles. The van der Waals surface area contributed by atoms with Gasteiger partial charge in [-0.05, 0) is 37.6 Å². The van der Waals surface area contributed by atoms with Crippen LogP contribution in [0.15, 0.2) is 36.4 Å². The van der Waals surface area contributed by atoms with Crippen molar-refractivity contribution in [3.05, 3.63) is 58.7 Å². The third-order valence-corrected chi connectivity index (χ3v) is 3.66. The third-order valence-electron chi connectivity index (χ3n) is 3.66. The standard InChI is InChI=1S/C19H20O5/c1-12-5-6-13(2)16(9-12)19(21)24-11-17(20)15-8-7-14(22-3)10-18(15)23-4/h5-10H,11H2,1-4H3. The number of rotatable bonds is 6. The first-order valence-corrected chi connectivity index (χ1v) is 7.46. The molecule has 0 radical (unpaired) electrons. The van der Waals surface area contributed by atoms with E-state index in [9.17, 15) is 9.59 Å². The molecule has 126 valence electrons. The Bertz CT molecular complexity index is 764. The minimum Gasteiger partial charge on any atom is -0.497 e. The molecule has 5 nitrogen and oxygen atoms in total. The van der Waals surface area contributed by atoms with Crippen molar-refractivity contribution in [3.8, 4) is 11.5 Å². The SMILES string of the molecule is COc1ccc(C(=O)COC(=O)c2cc(C)ccc2C)c(OC)c1. The molecule has 0 saturated heterocycles. The number of carbonyl (C=O) groups is 2. The molecule has 0 spiro atoms. The van der Waals surface area contributed by atoms with Crippen LogP contribution in [-0.2, 0) is 4.74 Å². The van der Waals surface area contributed by atoms with Crippen LogP contribution in [0.5, 0.6) is 11.5 Å². The molecule has 0 unspecified atom stereocenters. The molecule has 0 fully saturated rings. The molecule has 0 heterocycles. The number of hydrogen-bond donors (Lipinski definition) is 0. The first kappa shape index (κ1) is 17.5. The predicted octanol–water partition coefficient (Wildman–Crippen LogP) is 3.36. The van der Waals surface area contributed by atoms with E-state index in [4.69, 9.17) is 14.2 Å². The van der Waals surface area contributed by atoms with Crippen LogP contribution >= 0.6 is 0 Å². The molecular weight excluding hydrogens is 308 g/mol. The first-order valence-electron chi connectivity index (χ1n) is 7.46. The van der Waals surface area contributed by atoms with Crippen molar-refractivity contribution in [1.82, 2.24) is 0 Å². The van der Waals surface area contributed by atoms with Gasteiger partial charge < -0.3 is 14.2 Å². The van der Waals surface area contributed by atoms with E-state index >= 15 is 0 Å². The van der Waals surface area contributed by atoms with Crippen LogP contribution in [0.4, 0.5) is 0 Å². The zero-order chi connectivity index (χ0) is 17.7. The van der Waals surface area contributed by atoms with E-state index in [-0.39, 0.29) is 12.4 Å². The number of esters is 1. The first-order chi connectivity index (χ1) is 11.5. The van der Waals surface area contributed by atoms with Crippen LogP contribution in [0.2, 0.25) is 0 Å². The maximum absolute atomic E-state index is 12.3. The lowest BCUT2D eigenvalue weighted by Gasteiger charge is -2.11. The van der Waals surface area contributed by atoms with E-state index in [1.165, 1.54) is 14.2 Å². The van der Waals surface area contributed by atoms with Gasteiger partial charge in [-0.2, -0.15) is 0 Å². The van der Waals surface area contributed by atoms with Crippen molar-refractivity contribution < 1.29 is 23.8 Å². The van der Waals surface area contributed by atoms with Gasteiger partial charge in [-0.25, -0.2) is 4.79 Å². The molecule has 24 heavy (non-hydrogen) atoms. The summed E-state index contributed by atoms with van der Waals surface area (Å²) in [6.07, 6.45) is 0. The minimum absolute atomic E-state index is 0.340. The monoisotopic (exact) mass is 328 g/mol. The molecular formula is C19H20O5. The summed E-state index contributed by atoms with van der Waals surface area (Å²) in [7, 11) is 3.00. The Kier molecular flexibility index (Phi) is 5.58. The van der Waals surface area contributed by atoms with Crippen molar-refractivity contribution in [2.24, 2.45) is 0 Å². The van der Waals surface area contributed by atoms with Crippen molar-refractivity contribution in [3.63, 3.8) is 0 Å². The van der Waals surface area contributed by atoms with Crippen molar-refractivity contribution in [2.45, 2.75) is 13.8 Å². The molecule has 0 aliphatic carbocycles. The molecule has 2 aromatic rings. The van der Waals surface area contributed by atoms with E-state index in [0.29, 0.717) is 22.6 Å². The van der Waals surface area contributed by atoms with Crippen molar-refractivity contribution in [2.75, 3.05) is 20.8 Å². The van der Waals surface area contributed by atoms with Crippen LogP contribution in [0.1, 0.15) is 31.8 Å². The third kappa shape index (κ3) is 3.93. The van der Waals surface area contributed by atoms with Crippen LogP contribution in [-0.4, -0.2) is 32.6 Å². The quantitative estimate of drug-likeness (QED) is 0.601. The lowest BCUT2D eigenvalue weighted by atomic mass is 10.1. The summed E-state index contributed by atoms with van der Waals surface area (Å²) in [5.41, 5.74) is 2.56. The van der Waals surface area contributed by atoms with Gasteiger partial charge in [0.25, 0.3) is 0 Å². The number of benzene rings is 2. The van der Waals surface area contributed by atoms with E-state index in [1.807, 2.05) is 26.0 Å². The highest BCUT2D eigenvalue weighted by atomic mass is 16.5. The summed E-state index contributed by atoms with van der Waals surface area (Å²) in [5.74, 6) is 0.100. The normalized spacial score (nSPS) is 10.2. The van der Waals surface area contributed by atoms with Gasteiger partial charge in [0, 0.05) is 6.07 Å². The van der Waals surface area contributed by atoms with Gasteiger partial charge in [-0.1, -0.05) is 17.7 Å². The summed E-state index contributed by atoms with van der Waals surface area (Å²) < 4.78 is 15.4. The fourth-order valence-electron chi connectivity index (χ4n) is 2.27. The molecule has 0 bridgehead atoms. The van der Waals surface area contributed by atoms with Gasteiger partial charge in [0.1, 0.15) is 11.5 Å². The van der Waals surface area contributed by atoms with Gasteiger partial charge in [0.15, 0.2) is 6.61 Å². The zero-order valence-corrected chi connectivity index (χ0v) is 14.2.